The van der Waals surface area contributed by atoms with Gasteiger partial charge in [0, 0.05) is 6.42 Å². The third-order valence-electron chi connectivity index (χ3n) is 0.471. The second-order valence-electron chi connectivity index (χ2n) is 1.11. The third kappa shape index (κ3) is 10.7. The van der Waals surface area contributed by atoms with Crippen LogP contribution in [0.4, 0.5) is 8.78 Å². The van der Waals surface area contributed by atoms with Crippen LogP contribution in [0.15, 0.2) is 0 Å². The van der Waals surface area contributed by atoms with Crippen molar-refractivity contribution in [1.82, 2.24) is 0 Å². The zero-order valence-electron chi connectivity index (χ0n) is 3.95. The van der Waals surface area contributed by atoms with E-state index in [-0.39, 0.29) is 18.8 Å². The fraction of sp³-hybridized carbons (Fsp3) is 1.00. The molecule has 0 aliphatic rings. The molecule has 4 heteroatoms. The summed E-state index contributed by atoms with van der Waals surface area (Å²) >= 11 is 0. The summed E-state index contributed by atoms with van der Waals surface area (Å²) < 4.78 is 22.5. The number of hydrogen-bond donors (Lipinski definition) is 1. The molecule has 0 saturated heterocycles. The lowest BCUT2D eigenvalue weighted by molar-refractivity contribution is 0.00432. The van der Waals surface area contributed by atoms with Crippen molar-refractivity contribution in [3.05, 3.63) is 0 Å². The lowest BCUT2D eigenvalue weighted by atomic mass is 10.4. The van der Waals surface area contributed by atoms with Gasteiger partial charge >= 0.3 is 0 Å². The monoisotopic (exact) mass is 131 g/mol. The fourth-order valence-corrected chi connectivity index (χ4v) is 0. The molecule has 1 nitrogen and oxygen atoms in total. The highest BCUT2D eigenvalue weighted by molar-refractivity contribution is 5.85. The first kappa shape index (κ1) is 10.2. The smallest absolute Gasteiger partial charge is 0.272 e. The van der Waals surface area contributed by atoms with Crippen LogP contribution in [-0.4, -0.2) is 6.05 Å². The summed E-state index contributed by atoms with van der Waals surface area (Å²) in [6.45, 7) is 1.33. The van der Waals surface area contributed by atoms with Crippen molar-refractivity contribution in [3.63, 3.8) is 0 Å². The van der Waals surface area contributed by atoms with Crippen LogP contribution in [0, 0.1) is 0 Å². The molecular formula is C3H8ClF2N. The Balaban J connectivity index is 0. The van der Waals surface area contributed by atoms with Gasteiger partial charge in [0.25, 0.3) is 6.05 Å². The minimum absolute atomic E-state index is 0. The van der Waals surface area contributed by atoms with Crippen LogP contribution in [-0.2, 0) is 0 Å². The topological polar surface area (TPSA) is 26.0 Å². The molecule has 2 N–H and O–H groups in total. The molecule has 0 spiro atoms. The van der Waals surface area contributed by atoms with Gasteiger partial charge in [-0.3, -0.25) is 5.73 Å². The zero-order chi connectivity index (χ0) is 5.21. The highest BCUT2D eigenvalue weighted by Crippen LogP contribution is 2.06. The van der Waals surface area contributed by atoms with Gasteiger partial charge in [0.15, 0.2) is 0 Å². The van der Waals surface area contributed by atoms with E-state index < -0.39 is 6.05 Å². The summed E-state index contributed by atoms with van der Waals surface area (Å²) in [4.78, 5) is 0. The maximum atomic E-state index is 11.2. The zero-order valence-corrected chi connectivity index (χ0v) is 4.77. The molecule has 0 heterocycles. The molecule has 0 fully saturated rings. The molecule has 0 unspecified atom stereocenters. The molecule has 0 rings (SSSR count). The van der Waals surface area contributed by atoms with Crippen molar-refractivity contribution in [1.29, 1.82) is 0 Å². The average Bonchev–Trinajstić information content (AvgIpc) is 1.35. The highest BCUT2D eigenvalue weighted by atomic mass is 35.5. The first-order chi connectivity index (χ1) is 2.56. The van der Waals surface area contributed by atoms with E-state index in [0.717, 1.165) is 0 Å². The summed E-state index contributed by atoms with van der Waals surface area (Å²) in [7, 11) is 0. The Labute approximate surface area is 47.3 Å². The van der Waals surface area contributed by atoms with Crippen molar-refractivity contribution in [2.75, 3.05) is 0 Å². The molecule has 0 aliphatic carbocycles. The van der Waals surface area contributed by atoms with E-state index in [1.807, 2.05) is 0 Å². The predicted octanol–water partition coefficient (Wildman–Crippen LogP) is 1.37. The number of rotatable bonds is 1. The summed E-state index contributed by atoms with van der Waals surface area (Å²) in [6.07, 6.45) is -0.285. The van der Waals surface area contributed by atoms with Crippen LogP contribution in [0.25, 0.3) is 0 Å². The van der Waals surface area contributed by atoms with Crippen molar-refractivity contribution in [2.45, 2.75) is 19.4 Å². The van der Waals surface area contributed by atoms with Gasteiger partial charge in [-0.25, -0.2) is 0 Å². The molecule has 0 aromatic rings. The van der Waals surface area contributed by atoms with Crippen molar-refractivity contribution in [2.24, 2.45) is 5.73 Å². The van der Waals surface area contributed by atoms with Gasteiger partial charge in [0.05, 0.1) is 0 Å². The lowest BCUT2D eigenvalue weighted by Gasteiger charge is -2.02. The first-order valence-corrected chi connectivity index (χ1v) is 1.73. The summed E-state index contributed by atoms with van der Waals surface area (Å²) in [6, 6.07) is -2.96. The van der Waals surface area contributed by atoms with Crippen LogP contribution < -0.4 is 5.73 Å². The van der Waals surface area contributed by atoms with E-state index in [1.54, 1.807) is 0 Å². The molecule has 0 aromatic heterocycles. The predicted molar refractivity (Wildman–Crippen MR) is 26.7 cm³/mol. The molecule has 0 saturated carbocycles. The molecule has 0 bridgehead atoms. The van der Waals surface area contributed by atoms with Crippen LogP contribution in [0.3, 0.4) is 0 Å². The third-order valence-corrected chi connectivity index (χ3v) is 0.471. The van der Waals surface area contributed by atoms with E-state index in [9.17, 15) is 8.78 Å². The van der Waals surface area contributed by atoms with E-state index >= 15 is 0 Å². The van der Waals surface area contributed by atoms with E-state index in [1.165, 1.54) is 6.92 Å². The number of alkyl halides is 2. The van der Waals surface area contributed by atoms with Gasteiger partial charge < -0.3 is 0 Å². The Morgan fingerprint density at radius 2 is 1.71 bits per heavy atom. The summed E-state index contributed by atoms with van der Waals surface area (Å²) in [5.74, 6) is 0. The maximum Gasteiger partial charge on any atom is 0.299 e. The molecule has 0 radical (unpaired) electrons. The Hall–Kier alpha value is 0.110. The van der Waals surface area contributed by atoms with E-state index in [0.29, 0.717) is 0 Å². The maximum absolute atomic E-state index is 11.2. The largest absolute Gasteiger partial charge is 0.299 e. The van der Waals surface area contributed by atoms with Gasteiger partial charge in [0.2, 0.25) is 0 Å². The Kier molecular flexibility index (Phi) is 4.58. The number of halogens is 3. The lowest BCUT2D eigenvalue weighted by Crippen LogP contribution is -2.26. The molecule has 7 heavy (non-hydrogen) atoms. The van der Waals surface area contributed by atoms with Gasteiger partial charge in [-0.2, -0.15) is 8.78 Å². The second-order valence-corrected chi connectivity index (χ2v) is 1.11. The standard InChI is InChI=1S/C3H7F2N.ClH/c1-2-3(4,5)6;/h2,6H2,1H3;1H. The average molecular weight is 132 g/mol. The van der Waals surface area contributed by atoms with Gasteiger partial charge in [-0.1, -0.05) is 6.92 Å². The molecular weight excluding hydrogens is 123 g/mol. The van der Waals surface area contributed by atoms with E-state index in [2.05, 4.69) is 5.73 Å². The molecule has 0 atom stereocenters. The van der Waals surface area contributed by atoms with Gasteiger partial charge in [-0.05, 0) is 0 Å². The normalized spacial score (nSPS) is 10.3. The molecule has 0 amide bonds. The van der Waals surface area contributed by atoms with Crippen LogP contribution in [0.5, 0.6) is 0 Å². The Morgan fingerprint density at radius 1 is 1.57 bits per heavy atom. The number of nitrogens with two attached hydrogens (primary N) is 1. The first-order valence-electron chi connectivity index (χ1n) is 1.73. The Morgan fingerprint density at radius 3 is 1.71 bits per heavy atom. The van der Waals surface area contributed by atoms with Crippen LogP contribution >= 0.6 is 12.4 Å². The minimum Gasteiger partial charge on any atom is -0.272 e. The van der Waals surface area contributed by atoms with Gasteiger partial charge in [-0.15, -0.1) is 12.4 Å². The van der Waals surface area contributed by atoms with Crippen LogP contribution in [0.2, 0.25) is 0 Å². The SMILES string of the molecule is CCC(N)(F)F.Cl. The minimum atomic E-state index is -2.96. The highest BCUT2D eigenvalue weighted by Gasteiger charge is 2.16. The van der Waals surface area contributed by atoms with Gasteiger partial charge in [0.1, 0.15) is 0 Å². The van der Waals surface area contributed by atoms with Crippen molar-refractivity contribution in [3.8, 4) is 0 Å². The van der Waals surface area contributed by atoms with Crippen molar-refractivity contribution < 1.29 is 8.78 Å². The van der Waals surface area contributed by atoms with E-state index in [4.69, 9.17) is 0 Å². The van der Waals surface area contributed by atoms with Crippen LogP contribution in [0.1, 0.15) is 13.3 Å². The molecule has 0 aromatic carbocycles. The second kappa shape index (κ2) is 3.16. The fourth-order valence-electron chi connectivity index (χ4n) is 0. The molecule has 46 valence electrons. The quantitative estimate of drug-likeness (QED) is 0.535. The number of hydrogen-bond acceptors (Lipinski definition) is 1. The Bertz CT molecular complexity index is 42.7. The summed E-state index contributed by atoms with van der Waals surface area (Å²) in [5, 5.41) is 0. The summed E-state index contributed by atoms with van der Waals surface area (Å²) in [5.41, 5.74) is 4.20. The van der Waals surface area contributed by atoms with Crippen molar-refractivity contribution >= 4 is 12.4 Å². The molecule has 0 aliphatic heterocycles.